The van der Waals surface area contributed by atoms with Crippen LogP contribution in [-0.4, -0.2) is 25.8 Å². The van der Waals surface area contributed by atoms with E-state index in [9.17, 15) is 23.7 Å². The van der Waals surface area contributed by atoms with Crippen LogP contribution in [0.2, 0.25) is 0 Å². The third kappa shape index (κ3) is 4.12. The number of carbonyl (C=O) groups excluding carboxylic acids is 1. The Morgan fingerprint density at radius 1 is 1.07 bits per heavy atom. The molecule has 3 rings (SSSR count). The average Bonchev–Trinajstić information content (AvgIpc) is 2.69. The zero-order valence-electron chi connectivity index (χ0n) is 13.9. The van der Waals surface area contributed by atoms with E-state index in [0.717, 1.165) is 24.5 Å². The Labute approximate surface area is 155 Å². The maximum absolute atomic E-state index is 13.8. The summed E-state index contributed by atoms with van der Waals surface area (Å²) in [6.45, 7) is 0. The lowest BCUT2D eigenvalue weighted by Crippen LogP contribution is -2.31. The van der Waals surface area contributed by atoms with E-state index >= 15 is 0 Å². The second-order valence-electron chi connectivity index (χ2n) is 5.22. The summed E-state index contributed by atoms with van der Waals surface area (Å²) in [6, 6.07) is 7.21. The lowest BCUT2D eigenvalue weighted by molar-refractivity contribution is -0.383. The second-order valence-corrected chi connectivity index (χ2v) is 5.22. The molecule has 0 saturated heterocycles. The van der Waals surface area contributed by atoms with Gasteiger partial charge in [0.15, 0.2) is 0 Å². The van der Waals surface area contributed by atoms with Crippen LogP contribution >= 0.6 is 0 Å². The first-order chi connectivity index (χ1) is 13.5. The normalized spacial score (nSPS) is 10.2. The van der Waals surface area contributed by atoms with E-state index in [2.05, 4.69) is 31.1 Å². The molecule has 12 heteroatoms. The molecule has 0 aliphatic heterocycles. The molecule has 3 N–H and O–H groups in total. The van der Waals surface area contributed by atoms with Gasteiger partial charge in [-0.3, -0.25) is 30.7 Å². The Kier molecular flexibility index (Phi) is 5.30. The van der Waals surface area contributed by atoms with Crippen molar-refractivity contribution in [1.29, 1.82) is 0 Å². The summed E-state index contributed by atoms with van der Waals surface area (Å²) < 4.78 is 27.1. The van der Waals surface area contributed by atoms with Gasteiger partial charge in [0.05, 0.1) is 10.6 Å². The van der Waals surface area contributed by atoms with Crippen molar-refractivity contribution >= 4 is 28.9 Å². The van der Waals surface area contributed by atoms with Crippen molar-refractivity contribution in [2.75, 3.05) is 10.7 Å². The zero-order chi connectivity index (χ0) is 20.1. The molecule has 2 aromatic heterocycles. The molecule has 10 nitrogen and oxygen atoms in total. The maximum Gasteiger partial charge on any atom is 0.355 e. The van der Waals surface area contributed by atoms with Crippen molar-refractivity contribution < 1.29 is 18.5 Å². The van der Waals surface area contributed by atoms with E-state index in [1.54, 1.807) is 12.1 Å². The van der Waals surface area contributed by atoms with E-state index in [-0.39, 0.29) is 17.2 Å². The van der Waals surface area contributed by atoms with E-state index in [1.807, 2.05) is 0 Å². The van der Waals surface area contributed by atoms with Gasteiger partial charge in [0, 0.05) is 12.3 Å². The molecule has 0 radical (unpaired) electrons. The van der Waals surface area contributed by atoms with Gasteiger partial charge in [0.2, 0.25) is 11.6 Å². The van der Waals surface area contributed by atoms with Gasteiger partial charge >= 0.3 is 5.69 Å². The van der Waals surface area contributed by atoms with Crippen molar-refractivity contribution in [1.82, 2.24) is 20.4 Å². The molecule has 142 valence electrons. The highest BCUT2D eigenvalue weighted by Gasteiger charge is 2.24. The predicted molar refractivity (Wildman–Crippen MR) is 93.7 cm³/mol. The van der Waals surface area contributed by atoms with Crippen LogP contribution in [-0.2, 0) is 0 Å². The molecule has 0 saturated carbocycles. The standard InChI is InChI=1S/C16H11F2N7O3/c17-9-4-5-10(18)12(7-9)22-14-13(25(27)28)15(21-8-20-14)23-24-16(26)11-3-1-2-6-19-11/h1-8H,(H,24,26)(H2,20,21,22,23). The number of anilines is 3. The fourth-order valence-corrected chi connectivity index (χ4v) is 2.13. The van der Waals surface area contributed by atoms with Crippen molar-refractivity contribution in [2.24, 2.45) is 0 Å². The molecule has 0 fully saturated rings. The number of amides is 1. The number of rotatable bonds is 6. The molecule has 0 spiro atoms. The van der Waals surface area contributed by atoms with Gasteiger partial charge in [-0.05, 0) is 24.3 Å². The molecule has 0 aliphatic carbocycles. The maximum atomic E-state index is 13.8. The summed E-state index contributed by atoms with van der Waals surface area (Å²) in [5.41, 5.74) is 3.54. The van der Waals surface area contributed by atoms with Gasteiger partial charge in [0.1, 0.15) is 23.7 Å². The number of hydrazine groups is 1. The van der Waals surface area contributed by atoms with Crippen LogP contribution in [0.25, 0.3) is 0 Å². The van der Waals surface area contributed by atoms with Crippen LogP contribution in [0.3, 0.4) is 0 Å². The van der Waals surface area contributed by atoms with Crippen LogP contribution in [0, 0.1) is 21.7 Å². The molecule has 0 atom stereocenters. The van der Waals surface area contributed by atoms with E-state index in [4.69, 9.17) is 0 Å². The largest absolute Gasteiger partial charge is 0.355 e. The van der Waals surface area contributed by atoms with Crippen molar-refractivity contribution in [3.63, 3.8) is 0 Å². The number of carbonyl (C=O) groups is 1. The van der Waals surface area contributed by atoms with Gasteiger partial charge in [0.25, 0.3) is 5.91 Å². The molecule has 3 aromatic rings. The Morgan fingerprint density at radius 2 is 1.86 bits per heavy atom. The van der Waals surface area contributed by atoms with Crippen LogP contribution < -0.4 is 16.2 Å². The number of nitro groups is 1. The fraction of sp³-hybridized carbons (Fsp3) is 0. The predicted octanol–water partition coefficient (Wildman–Crippen LogP) is 2.56. The molecule has 28 heavy (non-hydrogen) atoms. The molecular formula is C16H11F2N7O3. The summed E-state index contributed by atoms with van der Waals surface area (Å²) in [6.07, 6.45) is 2.35. The minimum absolute atomic E-state index is 0.0619. The Morgan fingerprint density at radius 3 is 2.57 bits per heavy atom. The quantitative estimate of drug-likeness (QED) is 0.434. The number of hydrogen-bond acceptors (Lipinski definition) is 8. The highest BCUT2D eigenvalue weighted by atomic mass is 19.1. The lowest BCUT2D eigenvalue weighted by atomic mass is 10.3. The second kappa shape index (κ2) is 7.99. The van der Waals surface area contributed by atoms with Crippen molar-refractivity contribution in [2.45, 2.75) is 0 Å². The monoisotopic (exact) mass is 387 g/mol. The summed E-state index contributed by atoms with van der Waals surface area (Å²) in [7, 11) is 0. The first kappa shape index (κ1) is 18.6. The molecule has 0 aliphatic rings. The van der Waals surface area contributed by atoms with Crippen LogP contribution in [0.5, 0.6) is 0 Å². The molecule has 1 aromatic carbocycles. The molecule has 1 amide bonds. The van der Waals surface area contributed by atoms with E-state index in [0.29, 0.717) is 0 Å². The van der Waals surface area contributed by atoms with Gasteiger partial charge < -0.3 is 5.32 Å². The third-order valence-corrected chi connectivity index (χ3v) is 3.38. The number of nitrogens with one attached hydrogen (secondary N) is 3. The Balaban J connectivity index is 1.86. The van der Waals surface area contributed by atoms with Gasteiger partial charge in [-0.15, -0.1) is 0 Å². The molecule has 0 bridgehead atoms. The van der Waals surface area contributed by atoms with Crippen LogP contribution in [0.1, 0.15) is 10.5 Å². The topological polar surface area (TPSA) is 135 Å². The Hall–Kier alpha value is -4.22. The first-order valence-electron chi connectivity index (χ1n) is 7.64. The lowest BCUT2D eigenvalue weighted by Gasteiger charge is -2.11. The summed E-state index contributed by atoms with van der Waals surface area (Å²) in [5.74, 6) is -3.03. The fourth-order valence-electron chi connectivity index (χ4n) is 2.13. The van der Waals surface area contributed by atoms with Crippen molar-refractivity contribution in [3.05, 3.63) is 76.4 Å². The summed E-state index contributed by atoms with van der Waals surface area (Å²) in [4.78, 5) is 33.8. The van der Waals surface area contributed by atoms with Gasteiger partial charge in [-0.1, -0.05) is 6.07 Å². The Bertz CT molecular complexity index is 1030. The smallest absolute Gasteiger partial charge is 0.332 e. The minimum atomic E-state index is -0.840. The zero-order valence-corrected chi connectivity index (χ0v) is 13.9. The average molecular weight is 387 g/mol. The van der Waals surface area contributed by atoms with Gasteiger partial charge in [-0.25, -0.2) is 18.7 Å². The number of halogens is 2. The molecule has 2 heterocycles. The number of benzene rings is 1. The molecule has 0 unspecified atom stereocenters. The number of hydrogen-bond donors (Lipinski definition) is 3. The van der Waals surface area contributed by atoms with Crippen LogP contribution in [0.15, 0.2) is 48.9 Å². The summed E-state index contributed by atoms with van der Waals surface area (Å²) in [5, 5.41) is 13.8. The minimum Gasteiger partial charge on any atom is -0.332 e. The summed E-state index contributed by atoms with van der Waals surface area (Å²) >= 11 is 0. The SMILES string of the molecule is O=C(NNc1ncnc(Nc2cc(F)ccc2F)c1[N+](=O)[O-])c1ccccn1. The number of pyridine rings is 1. The first-order valence-corrected chi connectivity index (χ1v) is 7.64. The highest BCUT2D eigenvalue weighted by molar-refractivity contribution is 5.93. The number of aromatic nitrogens is 3. The van der Waals surface area contributed by atoms with Crippen molar-refractivity contribution in [3.8, 4) is 0 Å². The van der Waals surface area contributed by atoms with E-state index < -0.39 is 34.0 Å². The van der Waals surface area contributed by atoms with Gasteiger partial charge in [-0.2, -0.15) is 0 Å². The van der Waals surface area contributed by atoms with Crippen LogP contribution in [0.4, 0.5) is 31.8 Å². The highest BCUT2D eigenvalue weighted by Crippen LogP contribution is 2.31. The molecular weight excluding hydrogens is 376 g/mol. The third-order valence-electron chi connectivity index (χ3n) is 3.38. The number of nitrogens with zero attached hydrogens (tertiary/aromatic N) is 4. The van der Waals surface area contributed by atoms with E-state index in [1.165, 1.54) is 12.3 Å².